The predicted octanol–water partition coefficient (Wildman–Crippen LogP) is 1.58. The number of esters is 1. The van der Waals surface area contributed by atoms with E-state index in [1.165, 1.54) is 23.2 Å². The zero-order chi connectivity index (χ0) is 20.7. The number of nitrogens with zero attached hydrogens (tertiary/aromatic N) is 2. The summed E-state index contributed by atoms with van der Waals surface area (Å²) in [4.78, 5) is 37.3. The summed E-state index contributed by atoms with van der Waals surface area (Å²) in [5, 5.41) is 8.57. The van der Waals surface area contributed by atoms with Crippen molar-refractivity contribution in [2.75, 3.05) is 25.1 Å². The van der Waals surface area contributed by atoms with Gasteiger partial charge in [-0.2, -0.15) is 5.10 Å². The van der Waals surface area contributed by atoms with Gasteiger partial charge < -0.3 is 9.64 Å². The second-order valence-electron chi connectivity index (χ2n) is 5.87. The van der Waals surface area contributed by atoms with Crippen LogP contribution in [0, 0.1) is 11.6 Å². The van der Waals surface area contributed by atoms with Gasteiger partial charge in [-0.25, -0.2) is 8.78 Å². The lowest BCUT2D eigenvalue weighted by atomic mass is 10.1. The SMILES string of the molecule is CCOC(=O)CN(C)c1n[nH]cc1C(=O)NC(=O)CCc1cccc(F)c1F. The Balaban J connectivity index is 1.96. The minimum atomic E-state index is -1.01. The maximum absolute atomic E-state index is 13.6. The van der Waals surface area contributed by atoms with Crippen LogP contribution in [0.15, 0.2) is 24.4 Å². The molecule has 0 saturated heterocycles. The Kier molecular flexibility index (Phi) is 7.19. The fourth-order valence-electron chi connectivity index (χ4n) is 2.46. The summed E-state index contributed by atoms with van der Waals surface area (Å²) < 4.78 is 31.6. The van der Waals surface area contributed by atoms with Gasteiger partial charge in [0.25, 0.3) is 5.91 Å². The molecule has 10 heteroatoms. The molecule has 0 atom stereocenters. The van der Waals surface area contributed by atoms with Crippen LogP contribution in [0.25, 0.3) is 0 Å². The van der Waals surface area contributed by atoms with Crippen LogP contribution in [0.5, 0.6) is 0 Å². The van der Waals surface area contributed by atoms with Crippen molar-refractivity contribution in [1.82, 2.24) is 15.5 Å². The number of ether oxygens (including phenoxy) is 1. The molecule has 150 valence electrons. The Morgan fingerprint density at radius 3 is 2.75 bits per heavy atom. The summed E-state index contributed by atoms with van der Waals surface area (Å²) in [5.41, 5.74) is 0.0952. The zero-order valence-corrected chi connectivity index (χ0v) is 15.4. The van der Waals surface area contributed by atoms with E-state index in [0.717, 1.165) is 6.07 Å². The lowest BCUT2D eigenvalue weighted by Crippen LogP contribution is -2.33. The molecular weight excluding hydrogens is 374 g/mol. The first-order valence-corrected chi connectivity index (χ1v) is 8.51. The Hall–Kier alpha value is -3.30. The van der Waals surface area contributed by atoms with E-state index in [9.17, 15) is 23.2 Å². The average molecular weight is 394 g/mol. The minimum Gasteiger partial charge on any atom is -0.465 e. The van der Waals surface area contributed by atoms with Crippen LogP contribution in [0.2, 0.25) is 0 Å². The van der Waals surface area contributed by atoms with E-state index in [1.807, 2.05) is 0 Å². The van der Waals surface area contributed by atoms with Crippen molar-refractivity contribution in [1.29, 1.82) is 0 Å². The number of anilines is 1. The highest BCUT2D eigenvalue weighted by atomic mass is 19.2. The summed E-state index contributed by atoms with van der Waals surface area (Å²) in [5.74, 6) is -3.74. The monoisotopic (exact) mass is 394 g/mol. The fraction of sp³-hybridized carbons (Fsp3) is 0.333. The smallest absolute Gasteiger partial charge is 0.325 e. The van der Waals surface area contributed by atoms with Gasteiger partial charge >= 0.3 is 5.97 Å². The molecule has 0 bridgehead atoms. The van der Waals surface area contributed by atoms with Crippen LogP contribution in [-0.2, 0) is 20.7 Å². The van der Waals surface area contributed by atoms with E-state index in [-0.39, 0.29) is 42.9 Å². The third-order valence-corrected chi connectivity index (χ3v) is 3.80. The van der Waals surface area contributed by atoms with E-state index in [2.05, 4.69) is 15.5 Å². The summed E-state index contributed by atoms with van der Waals surface area (Å²) in [6.45, 7) is 1.76. The first-order chi connectivity index (χ1) is 13.3. The number of aromatic amines is 1. The molecule has 0 aliphatic carbocycles. The molecule has 0 spiro atoms. The summed E-state index contributed by atoms with van der Waals surface area (Å²) in [6, 6.07) is 3.69. The molecule has 1 heterocycles. The van der Waals surface area contributed by atoms with Crippen molar-refractivity contribution in [3.8, 4) is 0 Å². The lowest BCUT2D eigenvalue weighted by Gasteiger charge is -2.16. The van der Waals surface area contributed by atoms with Crippen molar-refractivity contribution >= 4 is 23.6 Å². The van der Waals surface area contributed by atoms with Gasteiger partial charge in [0.1, 0.15) is 12.1 Å². The van der Waals surface area contributed by atoms with Crippen LogP contribution in [-0.4, -0.2) is 48.2 Å². The molecular formula is C18H20F2N4O4. The van der Waals surface area contributed by atoms with Crippen molar-refractivity contribution in [3.05, 3.63) is 47.2 Å². The van der Waals surface area contributed by atoms with Crippen LogP contribution >= 0.6 is 0 Å². The van der Waals surface area contributed by atoms with Gasteiger partial charge in [0.05, 0.1) is 6.61 Å². The molecule has 0 fully saturated rings. The Morgan fingerprint density at radius 1 is 1.29 bits per heavy atom. The number of hydrogen-bond acceptors (Lipinski definition) is 6. The molecule has 0 radical (unpaired) electrons. The first kappa shape index (κ1) is 21.0. The number of nitrogens with one attached hydrogen (secondary N) is 2. The second kappa shape index (κ2) is 9.58. The minimum absolute atomic E-state index is 0.0424. The number of carbonyl (C=O) groups is 3. The molecule has 0 saturated carbocycles. The Labute approximate surface area is 159 Å². The largest absolute Gasteiger partial charge is 0.465 e. The maximum atomic E-state index is 13.6. The van der Waals surface area contributed by atoms with Gasteiger partial charge in [0, 0.05) is 19.7 Å². The topological polar surface area (TPSA) is 104 Å². The molecule has 0 aliphatic heterocycles. The Morgan fingerprint density at radius 2 is 2.04 bits per heavy atom. The number of rotatable bonds is 8. The van der Waals surface area contributed by atoms with Gasteiger partial charge in [-0.05, 0) is 25.0 Å². The highest BCUT2D eigenvalue weighted by Gasteiger charge is 2.21. The van der Waals surface area contributed by atoms with Gasteiger partial charge in [-0.1, -0.05) is 12.1 Å². The Bertz CT molecular complexity index is 869. The lowest BCUT2D eigenvalue weighted by molar-refractivity contribution is -0.141. The molecule has 8 nitrogen and oxygen atoms in total. The average Bonchev–Trinajstić information content (AvgIpc) is 3.13. The van der Waals surface area contributed by atoms with Crippen molar-refractivity contribution in [2.24, 2.45) is 0 Å². The molecule has 0 unspecified atom stereocenters. The van der Waals surface area contributed by atoms with Crippen LogP contribution in [0.3, 0.4) is 0 Å². The van der Waals surface area contributed by atoms with Crippen LogP contribution in [0.1, 0.15) is 29.3 Å². The molecule has 0 aliphatic rings. The fourth-order valence-corrected chi connectivity index (χ4v) is 2.46. The number of imide groups is 1. The van der Waals surface area contributed by atoms with Crippen molar-refractivity contribution < 1.29 is 27.9 Å². The number of benzene rings is 1. The van der Waals surface area contributed by atoms with E-state index < -0.39 is 29.4 Å². The van der Waals surface area contributed by atoms with E-state index in [4.69, 9.17) is 4.74 Å². The molecule has 2 aromatic rings. The van der Waals surface area contributed by atoms with Crippen molar-refractivity contribution in [2.45, 2.75) is 19.8 Å². The summed E-state index contributed by atoms with van der Waals surface area (Å²) in [7, 11) is 1.54. The summed E-state index contributed by atoms with van der Waals surface area (Å²) in [6.07, 6.45) is 1.01. The molecule has 28 heavy (non-hydrogen) atoms. The van der Waals surface area contributed by atoms with E-state index >= 15 is 0 Å². The van der Waals surface area contributed by atoms with Gasteiger partial charge in [0.2, 0.25) is 5.91 Å². The zero-order valence-electron chi connectivity index (χ0n) is 15.4. The molecule has 2 N–H and O–H groups in total. The summed E-state index contributed by atoms with van der Waals surface area (Å²) >= 11 is 0. The van der Waals surface area contributed by atoms with Gasteiger partial charge in [-0.3, -0.25) is 24.8 Å². The first-order valence-electron chi connectivity index (χ1n) is 8.51. The number of halogens is 2. The maximum Gasteiger partial charge on any atom is 0.325 e. The number of H-pyrrole nitrogens is 1. The highest BCUT2D eigenvalue weighted by Crippen LogP contribution is 2.16. The predicted molar refractivity (Wildman–Crippen MR) is 95.6 cm³/mol. The number of aromatic nitrogens is 2. The number of hydrogen-bond donors (Lipinski definition) is 2. The number of amides is 2. The second-order valence-corrected chi connectivity index (χ2v) is 5.87. The van der Waals surface area contributed by atoms with Gasteiger partial charge in [-0.15, -0.1) is 0 Å². The van der Waals surface area contributed by atoms with E-state index in [1.54, 1.807) is 14.0 Å². The molecule has 2 amide bonds. The van der Waals surface area contributed by atoms with E-state index in [0.29, 0.717) is 0 Å². The third kappa shape index (κ3) is 5.35. The van der Waals surface area contributed by atoms with Gasteiger partial charge in [0.15, 0.2) is 17.5 Å². The molecule has 2 rings (SSSR count). The van der Waals surface area contributed by atoms with Crippen molar-refractivity contribution in [3.63, 3.8) is 0 Å². The van der Waals surface area contributed by atoms with Crippen LogP contribution < -0.4 is 10.2 Å². The number of likely N-dealkylation sites (N-methyl/N-ethyl adjacent to an activating group) is 1. The molecule has 1 aromatic carbocycles. The normalized spacial score (nSPS) is 10.4. The number of aryl methyl sites for hydroxylation is 1. The number of carbonyl (C=O) groups excluding carboxylic acids is 3. The third-order valence-electron chi connectivity index (χ3n) is 3.80. The highest BCUT2D eigenvalue weighted by molar-refractivity contribution is 6.07. The van der Waals surface area contributed by atoms with Crippen LogP contribution in [0.4, 0.5) is 14.6 Å². The quantitative estimate of drug-likeness (QED) is 0.659. The molecule has 1 aromatic heterocycles. The standard InChI is InChI=1S/C18H20F2N4O4/c1-3-28-15(26)10-24(2)17-12(9-21-23-17)18(27)22-14(25)8-7-11-5-4-6-13(19)16(11)20/h4-6,9H,3,7-8,10H2,1-2H3,(H,21,23)(H,22,25,27).